The van der Waals surface area contributed by atoms with E-state index in [4.69, 9.17) is 9.26 Å². The van der Waals surface area contributed by atoms with E-state index >= 15 is 0 Å². The van der Waals surface area contributed by atoms with Gasteiger partial charge in [-0.05, 0) is 24.1 Å². The number of aryl methyl sites for hydroxylation is 1. The van der Waals surface area contributed by atoms with Gasteiger partial charge in [-0.2, -0.15) is 0 Å². The van der Waals surface area contributed by atoms with E-state index in [9.17, 15) is 9.59 Å². The highest BCUT2D eigenvalue weighted by atomic mass is 16.5. The molecule has 0 unspecified atom stereocenters. The molecule has 3 heterocycles. The molecule has 0 bridgehead atoms. The molecule has 1 aliphatic rings. The second kappa shape index (κ2) is 8.09. The first-order chi connectivity index (χ1) is 14.1. The van der Waals surface area contributed by atoms with Crippen LogP contribution < -0.4 is 15.4 Å². The van der Waals surface area contributed by atoms with E-state index in [1.165, 1.54) is 12.4 Å². The summed E-state index contributed by atoms with van der Waals surface area (Å²) in [6.45, 7) is 3.00. The van der Waals surface area contributed by atoms with Crippen LogP contribution in [0.4, 0.5) is 0 Å². The minimum atomic E-state index is -0.430. The van der Waals surface area contributed by atoms with Crippen LogP contribution in [0.3, 0.4) is 0 Å². The van der Waals surface area contributed by atoms with Crippen molar-refractivity contribution in [2.24, 2.45) is 0 Å². The zero-order valence-electron chi connectivity index (χ0n) is 15.8. The van der Waals surface area contributed by atoms with E-state index in [1.54, 1.807) is 13.0 Å². The minimum absolute atomic E-state index is 0.0973. The molecule has 29 heavy (non-hydrogen) atoms. The fourth-order valence-corrected chi connectivity index (χ4v) is 2.99. The van der Waals surface area contributed by atoms with Gasteiger partial charge in [0.2, 0.25) is 0 Å². The lowest BCUT2D eigenvalue weighted by molar-refractivity contribution is 0.0944. The number of amides is 2. The maximum absolute atomic E-state index is 12.4. The van der Waals surface area contributed by atoms with Gasteiger partial charge >= 0.3 is 0 Å². The van der Waals surface area contributed by atoms with E-state index in [2.05, 4.69) is 25.8 Å². The number of carbonyl (C=O) groups excluding carboxylic acids is 2. The molecule has 1 aliphatic heterocycles. The Morgan fingerprint density at radius 2 is 1.79 bits per heavy atom. The van der Waals surface area contributed by atoms with Crippen LogP contribution in [-0.2, 0) is 19.5 Å². The Hall–Kier alpha value is -3.75. The normalized spacial score (nSPS) is 12.2. The van der Waals surface area contributed by atoms with Gasteiger partial charge in [-0.1, -0.05) is 17.3 Å². The van der Waals surface area contributed by atoms with Gasteiger partial charge < -0.3 is 19.9 Å². The monoisotopic (exact) mass is 393 g/mol. The third-order valence-corrected chi connectivity index (χ3v) is 4.45. The quantitative estimate of drug-likeness (QED) is 0.652. The first-order valence-corrected chi connectivity index (χ1v) is 9.14. The molecule has 2 N–H and O–H groups in total. The lowest BCUT2D eigenvalue weighted by Gasteiger charge is -2.07. The molecule has 0 spiro atoms. The van der Waals surface area contributed by atoms with Gasteiger partial charge in [-0.3, -0.25) is 9.59 Å². The molecule has 2 aromatic heterocycles. The van der Waals surface area contributed by atoms with Crippen LogP contribution in [-0.4, -0.2) is 33.5 Å². The largest absolute Gasteiger partial charge is 0.493 e. The van der Waals surface area contributed by atoms with Crippen molar-refractivity contribution in [1.29, 1.82) is 0 Å². The van der Waals surface area contributed by atoms with Crippen LogP contribution >= 0.6 is 0 Å². The van der Waals surface area contributed by atoms with Crippen molar-refractivity contribution in [1.82, 2.24) is 25.8 Å². The van der Waals surface area contributed by atoms with Gasteiger partial charge in [0.1, 0.15) is 34.9 Å². The number of carbonyl (C=O) groups is 2. The molecule has 0 atom stereocenters. The molecule has 148 valence electrons. The molecule has 0 aliphatic carbocycles. The average molecular weight is 393 g/mol. The van der Waals surface area contributed by atoms with Gasteiger partial charge in [0.15, 0.2) is 0 Å². The van der Waals surface area contributed by atoms with Crippen molar-refractivity contribution in [3.05, 3.63) is 70.6 Å². The molecule has 0 saturated carbocycles. The predicted octanol–water partition coefficient (Wildman–Crippen LogP) is 1.57. The summed E-state index contributed by atoms with van der Waals surface area (Å²) in [6.07, 6.45) is 2.06. The summed E-state index contributed by atoms with van der Waals surface area (Å²) in [7, 11) is 0. The number of fused-ring (bicyclic) bond motifs is 1. The molecule has 0 fully saturated rings. The predicted molar refractivity (Wildman–Crippen MR) is 101 cm³/mol. The van der Waals surface area contributed by atoms with Crippen LogP contribution in [0.2, 0.25) is 0 Å². The molecule has 0 radical (unpaired) electrons. The molecule has 9 heteroatoms. The first-order valence-electron chi connectivity index (χ1n) is 9.14. The number of aromatic nitrogens is 3. The Balaban J connectivity index is 1.35. The van der Waals surface area contributed by atoms with Gasteiger partial charge in [0.25, 0.3) is 11.8 Å². The van der Waals surface area contributed by atoms with Gasteiger partial charge in [-0.15, -0.1) is 0 Å². The maximum Gasteiger partial charge on any atom is 0.270 e. The number of benzene rings is 1. The van der Waals surface area contributed by atoms with Crippen molar-refractivity contribution in [3.63, 3.8) is 0 Å². The standard InChI is InChI=1S/C20H19N5O4/c1-12-6-15(25-29-12)10-22-20(27)17-8-16(23-11-24-17)19(26)21-9-13-2-3-18-14(7-13)4-5-28-18/h2-3,6-8,11H,4-5,9-10H2,1H3,(H,21,26)(H,22,27). The summed E-state index contributed by atoms with van der Waals surface area (Å²) in [5, 5.41) is 9.30. The number of rotatable bonds is 6. The summed E-state index contributed by atoms with van der Waals surface area (Å²) >= 11 is 0. The number of nitrogens with zero attached hydrogens (tertiary/aromatic N) is 3. The van der Waals surface area contributed by atoms with Gasteiger partial charge in [0.05, 0.1) is 13.2 Å². The molecular weight excluding hydrogens is 374 g/mol. The Kier molecular flexibility index (Phi) is 5.19. The Labute approximate surface area is 166 Å². The van der Waals surface area contributed by atoms with Gasteiger partial charge in [0, 0.05) is 25.1 Å². The van der Waals surface area contributed by atoms with Crippen molar-refractivity contribution in [2.75, 3.05) is 6.61 Å². The highest BCUT2D eigenvalue weighted by Crippen LogP contribution is 2.25. The maximum atomic E-state index is 12.4. The lowest BCUT2D eigenvalue weighted by Crippen LogP contribution is -2.27. The first kappa shape index (κ1) is 18.6. The van der Waals surface area contributed by atoms with Crippen LogP contribution in [0.5, 0.6) is 5.75 Å². The molecule has 2 amide bonds. The average Bonchev–Trinajstić information content (AvgIpc) is 3.38. The third kappa shape index (κ3) is 4.40. The van der Waals surface area contributed by atoms with Crippen molar-refractivity contribution < 1.29 is 18.8 Å². The zero-order valence-corrected chi connectivity index (χ0v) is 15.8. The SMILES string of the molecule is Cc1cc(CNC(=O)c2cc(C(=O)NCc3ccc4c(c3)CCO4)ncn2)no1. The topological polar surface area (TPSA) is 119 Å². The second-order valence-corrected chi connectivity index (χ2v) is 6.62. The third-order valence-electron chi connectivity index (χ3n) is 4.45. The molecular formula is C20H19N5O4. The highest BCUT2D eigenvalue weighted by Gasteiger charge is 2.15. The Morgan fingerprint density at radius 3 is 2.52 bits per heavy atom. The van der Waals surface area contributed by atoms with Gasteiger partial charge in [-0.25, -0.2) is 9.97 Å². The molecule has 3 aromatic rings. The van der Waals surface area contributed by atoms with E-state index in [-0.39, 0.29) is 23.8 Å². The van der Waals surface area contributed by atoms with E-state index in [0.29, 0.717) is 24.6 Å². The summed E-state index contributed by atoms with van der Waals surface area (Å²) < 4.78 is 10.4. The Morgan fingerprint density at radius 1 is 1.03 bits per heavy atom. The molecule has 9 nitrogen and oxygen atoms in total. The van der Waals surface area contributed by atoms with Crippen LogP contribution in [0.15, 0.2) is 41.2 Å². The van der Waals surface area contributed by atoms with Crippen molar-refractivity contribution >= 4 is 11.8 Å². The summed E-state index contributed by atoms with van der Waals surface area (Å²) in [5.41, 5.74) is 2.92. The number of hydrogen-bond donors (Lipinski definition) is 2. The fraction of sp³-hybridized carbons (Fsp3) is 0.250. The number of ether oxygens (including phenoxy) is 1. The van der Waals surface area contributed by atoms with Crippen LogP contribution in [0, 0.1) is 6.92 Å². The lowest BCUT2D eigenvalue weighted by atomic mass is 10.1. The van der Waals surface area contributed by atoms with E-state index < -0.39 is 5.91 Å². The molecule has 1 aromatic carbocycles. The van der Waals surface area contributed by atoms with Crippen molar-refractivity contribution in [2.45, 2.75) is 26.4 Å². The minimum Gasteiger partial charge on any atom is -0.493 e. The highest BCUT2D eigenvalue weighted by molar-refractivity contribution is 5.97. The van der Waals surface area contributed by atoms with E-state index in [0.717, 1.165) is 23.3 Å². The van der Waals surface area contributed by atoms with Crippen LogP contribution in [0.25, 0.3) is 0 Å². The number of hydrogen-bond acceptors (Lipinski definition) is 7. The summed E-state index contributed by atoms with van der Waals surface area (Å²) in [4.78, 5) is 32.6. The summed E-state index contributed by atoms with van der Waals surface area (Å²) in [6, 6.07) is 8.93. The molecule has 0 saturated heterocycles. The second-order valence-electron chi connectivity index (χ2n) is 6.62. The smallest absolute Gasteiger partial charge is 0.270 e. The fourth-order valence-electron chi connectivity index (χ4n) is 2.99. The number of nitrogens with one attached hydrogen (secondary N) is 2. The summed E-state index contributed by atoms with van der Waals surface area (Å²) in [5.74, 6) is 0.740. The Bertz CT molecular complexity index is 1060. The zero-order chi connectivity index (χ0) is 20.2. The molecule has 4 rings (SSSR count). The van der Waals surface area contributed by atoms with Crippen molar-refractivity contribution in [3.8, 4) is 5.75 Å². The van der Waals surface area contributed by atoms with E-state index in [1.807, 2.05) is 18.2 Å². The van der Waals surface area contributed by atoms with Crippen LogP contribution in [0.1, 0.15) is 43.6 Å².